The summed E-state index contributed by atoms with van der Waals surface area (Å²) in [4.78, 5) is 0. The Bertz CT molecular complexity index is 802. The molecule has 3 nitrogen and oxygen atoms in total. The predicted molar refractivity (Wildman–Crippen MR) is 89.5 cm³/mol. The van der Waals surface area contributed by atoms with Gasteiger partial charge < -0.3 is 14.4 Å². The molecule has 0 fully saturated rings. The number of hydrogen-bond acceptors (Lipinski definition) is 2. The largest absolute Gasteiger partial charge is 0.507 e. The number of benzene rings is 2. The third-order valence-electron chi connectivity index (χ3n) is 3.85. The van der Waals surface area contributed by atoms with E-state index in [4.69, 9.17) is 4.74 Å². The molecule has 22 heavy (non-hydrogen) atoms. The summed E-state index contributed by atoms with van der Waals surface area (Å²) >= 11 is 0. The van der Waals surface area contributed by atoms with Crippen LogP contribution in [0.4, 0.5) is 0 Å². The number of hydrogen-bond donors (Lipinski definition) is 1. The Kier molecular flexibility index (Phi) is 3.80. The van der Waals surface area contributed by atoms with Crippen LogP contribution in [0.5, 0.6) is 11.5 Å². The number of aryl methyl sites for hydroxylation is 1. The summed E-state index contributed by atoms with van der Waals surface area (Å²) in [6.45, 7) is 6.75. The van der Waals surface area contributed by atoms with Crippen molar-refractivity contribution in [2.45, 2.75) is 33.4 Å². The van der Waals surface area contributed by atoms with E-state index in [1.807, 2.05) is 43.3 Å². The fourth-order valence-electron chi connectivity index (χ4n) is 2.78. The van der Waals surface area contributed by atoms with E-state index in [1.165, 1.54) is 5.56 Å². The van der Waals surface area contributed by atoms with Crippen LogP contribution in [0.3, 0.4) is 0 Å². The molecule has 2 aromatic carbocycles. The van der Waals surface area contributed by atoms with Gasteiger partial charge in [-0.25, -0.2) is 0 Å². The van der Waals surface area contributed by atoms with Crippen molar-refractivity contribution in [3.05, 3.63) is 59.8 Å². The highest BCUT2D eigenvalue weighted by Gasteiger charge is 2.14. The Morgan fingerprint density at radius 3 is 2.64 bits per heavy atom. The summed E-state index contributed by atoms with van der Waals surface area (Å²) in [6.07, 6.45) is 2.07. The molecule has 3 heteroatoms. The second-order valence-corrected chi connectivity index (χ2v) is 5.93. The highest BCUT2D eigenvalue weighted by molar-refractivity contribution is 5.89. The van der Waals surface area contributed by atoms with Crippen LogP contribution in [-0.2, 0) is 6.61 Å². The number of rotatable bonds is 4. The molecule has 0 unspecified atom stereocenters. The second kappa shape index (κ2) is 5.76. The van der Waals surface area contributed by atoms with Gasteiger partial charge in [-0.05, 0) is 50.6 Å². The van der Waals surface area contributed by atoms with Crippen molar-refractivity contribution in [3.63, 3.8) is 0 Å². The number of aromatic nitrogens is 1. The van der Waals surface area contributed by atoms with Gasteiger partial charge in [-0.1, -0.05) is 18.2 Å². The highest BCUT2D eigenvalue weighted by atomic mass is 16.5. The molecule has 114 valence electrons. The topological polar surface area (TPSA) is 34.4 Å². The number of nitrogens with zero attached hydrogens (tertiary/aromatic N) is 1. The van der Waals surface area contributed by atoms with Crippen LogP contribution >= 0.6 is 0 Å². The van der Waals surface area contributed by atoms with E-state index in [0.29, 0.717) is 18.4 Å². The summed E-state index contributed by atoms with van der Waals surface area (Å²) in [5.74, 6) is 1.15. The summed E-state index contributed by atoms with van der Waals surface area (Å²) in [5.41, 5.74) is 3.21. The number of fused-ring (bicyclic) bond motifs is 1. The van der Waals surface area contributed by atoms with Crippen LogP contribution in [0.2, 0.25) is 0 Å². The Morgan fingerprint density at radius 1 is 1.14 bits per heavy atom. The molecule has 1 aromatic heterocycles. The molecular weight excluding hydrogens is 274 g/mol. The van der Waals surface area contributed by atoms with E-state index in [9.17, 15) is 5.11 Å². The van der Waals surface area contributed by atoms with Gasteiger partial charge in [-0.2, -0.15) is 0 Å². The Hall–Kier alpha value is -2.42. The van der Waals surface area contributed by atoms with Crippen LogP contribution < -0.4 is 4.74 Å². The molecule has 0 amide bonds. The molecule has 0 atom stereocenters. The van der Waals surface area contributed by atoms with Crippen molar-refractivity contribution in [2.75, 3.05) is 0 Å². The standard InChI is InChI=1S/C19H21NO2/c1-13(2)20-11-15(19-17(20)8-5-9-18(19)21)12-22-16-7-4-6-14(3)10-16/h4-11,13,21H,12H2,1-3H3. The Labute approximate surface area is 130 Å². The highest BCUT2D eigenvalue weighted by Crippen LogP contribution is 2.32. The van der Waals surface area contributed by atoms with Gasteiger partial charge in [0.25, 0.3) is 0 Å². The van der Waals surface area contributed by atoms with E-state index >= 15 is 0 Å². The molecule has 0 aliphatic heterocycles. The van der Waals surface area contributed by atoms with Gasteiger partial charge in [0.15, 0.2) is 0 Å². The lowest BCUT2D eigenvalue weighted by atomic mass is 10.1. The molecule has 0 saturated carbocycles. The van der Waals surface area contributed by atoms with Crippen LogP contribution in [0.1, 0.15) is 31.0 Å². The molecular formula is C19H21NO2. The maximum absolute atomic E-state index is 10.2. The first kappa shape index (κ1) is 14.5. The first-order valence-corrected chi connectivity index (χ1v) is 7.57. The van der Waals surface area contributed by atoms with Crippen molar-refractivity contribution in [1.29, 1.82) is 0 Å². The third-order valence-corrected chi connectivity index (χ3v) is 3.85. The zero-order valence-electron chi connectivity index (χ0n) is 13.2. The number of phenolic OH excluding ortho intramolecular Hbond substituents is 1. The van der Waals surface area contributed by atoms with Gasteiger partial charge >= 0.3 is 0 Å². The fourth-order valence-corrected chi connectivity index (χ4v) is 2.78. The number of ether oxygens (including phenoxy) is 1. The van der Waals surface area contributed by atoms with Crippen LogP contribution in [0.25, 0.3) is 10.9 Å². The van der Waals surface area contributed by atoms with Crippen LogP contribution in [0.15, 0.2) is 48.7 Å². The quantitative estimate of drug-likeness (QED) is 0.749. The summed E-state index contributed by atoms with van der Waals surface area (Å²) in [6, 6.07) is 14.0. The maximum Gasteiger partial charge on any atom is 0.125 e. The van der Waals surface area contributed by atoms with Crippen molar-refractivity contribution in [2.24, 2.45) is 0 Å². The zero-order chi connectivity index (χ0) is 15.7. The minimum absolute atomic E-state index is 0.305. The molecule has 0 aliphatic rings. The van der Waals surface area contributed by atoms with Crippen molar-refractivity contribution >= 4 is 10.9 Å². The molecule has 0 saturated heterocycles. The van der Waals surface area contributed by atoms with Crippen LogP contribution in [-0.4, -0.2) is 9.67 Å². The third kappa shape index (κ3) is 2.67. The van der Waals surface area contributed by atoms with Gasteiger partial charge in [0.2, 0.25) is 0 Å². The lowest BCUT2D eigenvalue weighted by Gasteiger charge is -2.08. The Morgan fingerprint density at radius 2 is 1.91 bits per heavy atom. The first-order chi connectivity index (χ1) is 10.6. The van der Waals surface area contributed by atoms with Crippen LogP contribution in [0, 0.1) is 6.92 Å². The predicted octanol–water partition coefficient (Wildman–Crippen LogP) is 4.82. The second-order valence-electron chi connectivity index (χ2n) is 5.93. The maximum atomic E-state index is 10.2. The van der Waals surface area contributed by atoms with E-state index in [1.54, 1.807) is 6.07 Å². The van der Waals surface area contributed by atoms with Gasteiger partial charge in [0, 0.05) is 23.2 Å². The molecule has 0 spiro atoms. The lowest BCUT2D eigenvalue weighted by molar-refractivity contribution is 0.306. The minimum Gasteiger partial charge on any atom is -0.507 e. The van der Waals surface area contributed by atoms with Gasteiger partial charge in [-0.15, -0.1) is 0 Å². The molecule has 3 aromatic rings. The minimum atomic E-state index is 0.305. The zero-order valence-corrected chi connectivity index (χ0v) is 13.2. The van der Waals surface area contributed by atoms with Gasteiger partial charge in [0.05, 0.1) is 5.52 Å². The number of phenols is 1. The summed E-state index contributed by atoms with van der Waals surface area (Å²) in [7, 11) is 0. The normalized spacial score (nSPS) is 11.3. The summed E-state index contributed by atoms with van der Waals surface area (Å²) in [5, 5.41) is 11.1. The smallest absolute Gasteiger partial charge is 0.125 e. The van der Waals surface area contributed by atoms with Crippen molar-refractivity contribution < 1.29 is 9.84 Å². The lowest BCUT2D eigenvalue weighted by Crippen LogP contribution is -1.98. The van der Waals surface area contributed by atoms with Crippen molar-refractivity contribution in [1.82, 2.24) is 4.57 Å². The molecule has 1 N–H and O–H groups in total. The van der Waals surface area contributed by atoms with E-state index in [0.717, 1.165) is 22.2 Å². The average molecular weight is 295 g/mol. The van der Waals surface area contributed by atoms with Crippen molar-refractivity contribution in [3.8, 4) is 11.5 Å². The molecule has 0 radical (unpaired) electrons. The van der Waals surface area contributed by atoms with E-state index in [2.05, 4.69) is 24.6 Å². The monoisotopic (exact) mass is 295 g/mol. The molecule has 3 rings (SSSR count). The molecule has 0 bridgehead atoms. The molecule has 0 aliphatic carbocycles. The van der Waals surface area contributed by atoms with E-state index < -0.39 is 0 Å². The average Bonchev–Trinajstić information content (AvgIpc) is 2.86. The summed E-state index contributed by atoms with van der Waals surface area (Å²) < 4.78 is 8.08. The number of aromatic hydroxyl groups is 1. The van der Waals surface area contributed by atoms with E-state index in [-0.39, 0.29) is 0 Å². The van der Waals surface area contributed by atoms with Gasteiger partial charge in [0.1, 0.15) is 18.1 Å². The first-order valence-electron chi connectivity index (χ1n) is 7.57. The SMILES string of the molecule is Cc1cccc(OCc2cn(C(C)C)c3cccc(O)c23)c1. The molecule has 1 heterocycles. The fraction of sp³-hybridized carbons (Fsp3) is 0.263. The Balaban J connectivity index is 1.96. The van der Waals surface area contributed by atoms with Gasteiger partial charge in [-0.3, -0.25) is 0 Å².